The summed E-state index contributed by atoms with van der Waals surface area (Å²) in [5.41, 5.74) is 0.957. The van der Waals surface area contributed by atoms with E-state index in [4.69, 9.17) is 11.6 Å². The van der Waals surface area contributed by atoms with Gasteiger partial charge in [0.05, 0.1) is 5.92 Å². The Bertz CT molecular complexity index is 598. The molecule has 2 rings (SSSR count). The van der Waals surface area contributed by atoms with Crippen molar-refractivity contribution in [1.82, 2.24) is 0 Å². The first-order chi connectivity index (χ1) is 9.08. The highest BCUT2D eigenvalue weighted by Gasteiger charge is 2.23. The molecule has 0 saturated heterocycles. The summed E-state index contributed by atoms with van der Waals surface area (Å²) < 4.78 is 13.7. The minimum atomic E-state index is -1.05. The van der Waals surface area contributed by atoms with E-state index in [0.717, 1.165) is 5.56 Å². The average molecular weight is 279 g/mol. The molecule has 0 aromatic heterocycles. The molecule has 4 heteroatoms. The van der Waals surface area contributed by atoms with E-state index in [-0.39, 0.29) is 12.0 Å². The van der Waals surface area contributed by atoms with Crippen LogP contribution in [-0.2, 0) is 11.2 Å². The third-order valence-electron chi connectivity index (χ3n) is 2.91. The highest BCUT2D eigenvalue weighted by atomic mass is 35.5. The number of rotatable bonds is 4. The Morgan fingerprint density at radius 1 is 1.21 bits per heavy atom. The fourth-order valence-corrected chi connectivity index (χ4v) is 2.20. The zero-order chi connectivity index (χ0) is 13.8. The molecule has 2 aromatic rings. The molecule has 0 aliphatic carbocycles. The smallest absolute Gasteiger partial charge is 0.311 e. The zero-order valence-corrected chi connectivity index (χ0v) is 10.8. The van der Waals surface area contributed by atoms with Gasteiger partial charge in [0, 0.05) is 10.6 Å². The summed E-state index contributed by atoms with van der Waals surface area (Å²) in [5, 5.41) is 9.82. The number of hydrogen-bond donors (Lipinski definition) is 1. The summed E-state index contributed by atoms with van der Waals surface area (Å²) in [6.45, 7) is 0. The van der Waals surface area contributed by atoms with Crippen LogP contribution in [-0.4, -0.2) is 11.1 Å². The second-order valence-corrected chi connectivity index (χ2v) is 4.68. The minimum Gasteiger partial charge on any atom is -0.481 e. The van der Waals surface area contributed by atoms with Gasteiger partial charge in [-0.15, -0.1) is 0 Å². The first-order valence-corrected chi connectivity index (χ1v) is 6.17. The molecule has 0 spiro atoms. The van der Waals surface area contributed by atoms with E-state index in [9.17, 15) is 14.3 Å². The predicted molar refractivity (Wildman–Crippen MR) is 71.9 cm³/mol. The Hall–Kier alpha value is -1.87. The Morgan fingerprint density at radius 3 is 2.58 bits per heavy atom. The molecule has 98 valence electrons. The van der Waals surface area contributed by atoms with E-state index >= 15 is 0 Å². The first-order valence-electron chi connectivity index (χ1n) is 5.79. The number of halogens is 2. The van der Waals surface area contributed by atoms with Crippen LogP contribution >= 0.6 is 11.6 Å². The van der Waals surface area contributed by atoms with Crippen molar-refractivity contribution in [1.29, 1.82) is 0 Å². The van der Waals surface area contributed by atoms with Crippen LogP contribution in [0.25, 0.3) is 0 Å². The summed E-state index contributed by atoms with van der Waals surface area (Å²) in [7, 11) is 0. The fourth-order valence-electron chi connectivity index (χ4n) is 1.99. The van der Waals surface area contributed by atoms with Gasteiger partial charge in [0.25, 0.3) is 0 Å². The molecule has 2 aromatic carbocycles. The maximum Gasteiger partial charge on any atom is 0.311 e. The molecule has 0 aliphatic rings. The highest BCUT2D eigenvalue weighted by Crippen LogP contribution is 2.25. The summed E-state index contributed by atoms with van der Waals surface area (Å²) >= 11 is 5.86. The van der Waals surface area contributed by atoms with E-state index in [1.807, 2.05) is 0 Å². The van der Waals surface area contributed by atoms with Gasteiger partial charge in [-0.3, -0.25) is 4.79 Å². The lowest BCUT2D eigenvalue weighted by atomic mass is 9.92. The van der Waals surface area contributed by atoms with Gasteiger partial charge >= 0.3 is 5.97 Å². The summed E-state index contributed by atoms with van der Waals surface area (Å²) in [4.78, 5) is 11.3. The van der Waals surface area contributed by atoms with Crippen molar-refractivity contribution in [2.45, 2.75) is 12.3 Å². The lowest BCUT2D eigenvalue weighted by Crippen LogP contribution is -2.15. The Morgan fingerprint density at radius 2 is 1.95 bits per heavy atom. The van der Waals surface area contributed by atoms with Crippen LogP contribution in [0.4, 0.5) is 4.39 Å². The van der Waals surface area contributed by atoms with Crippen LogP contribution in [0, 0.1) is 5.82 Å². The Labute approximate surface area is 115 Å². The fraction of sp³-hybridized carbons (Fsp3) is 0.133. The normalized spacial score (nSPS) is 12.1. The van der Waals surface area contributed by atoms with Crippen LogP contribution in [0.1, 0.15) is 17.0 Å². The molecule has 2 nitrogen and oxygen atoms in total. The Balaban J connectivity index is 2.32. The molecule has 1 atom stereocenters. The van der Waals surface area contributed by atoms with E-state index in [1.165, 1.54) is 18.2 Å². The van der Waals surface area contributed by atoms with Crippen molar-refractivity contribution in [2.24, 2.45) is 0 Å². The summed E-state index contributed by atoms with van der Waals surface area (Å²) in [5.74, 6) is -2.47. The van der Waals surface area contributed by atoms with Gasteiger partial charge in [0.2, 0.25) is 0 Å². The van der Waals surface area contributed by atoms with Crippen LogP contribution in [0.2, 0.25) is 5.02 Å². The minimum absolute atomic E-state index is 0.190. The van der Waals surface area contributed by atoms with Gasteiger partial charge in [0.15, 0.2) is 0 Å². The van der Waals surface area contributed by atoms with E-state index in [0.29, 0.717) is 5.02 Å². The standard InChI is InChI=1S/C15H12ClFO2/c16-11-5-3-4-10(8-11)9-13(15(18)19)12-6-1-2-7-14(12)17/h1-8,13H,9H2,(H,18,19). The van der Waals surface area contributed by atoms with Gasteiger partial charge in [-0.25, -0.2) is 4.39 Å². The maximum absolute atomic E-state index is 13.7. The van der Waals surface area contributed by atoms with Crippen molar-refractivity contribution in [3.63, 3.8) is 0 Å². The molecule has 0 radical (unpaired) electrons. The quantitative estimate of drug-likeness (QED) is 0.921. The number of carbonyl (C=O) groups is 1. The number of hydrogen-bond acceptors (Lipinski definition) is 1. The molecule has 0 bridgehead atoms. The summed E-state index contributed by atoms with van der Waals surface area (Å²) in [6, 6.07) is 12.9. The largest absolute Gasteiger partial charge is 0.481 e. The SMILES string of the molecule is O=C(O)C(Cc1cccc(Cl)c1)c1ccccc1F. The molecule has 0 amide bonds. The van der Waals surface area contributed by atoms with Gasteiger partial charge in [0.1, 0.15) is 5.82 Å². The number of carboxylic acids is 1. The molecule has 0 aliphatic heterocycles. The molecule has 1 unspecified atom stereocenters. The molecular weight excluding hydrogens is 267 g/mol. The molecule has 0 heterocycles. The maximum atomic E-state index is 13.7. The van der Waals surface area contributed by atoms with Crippen molar-refractivity contribution in [2.75, 3.05) is 0 Å². The van der Waals surface area contributed by atoms with Crippen molar-refractivity contribution in [3.8, 4) is 0 Å². The van der Waals surface area contributed by atoms with E-state index in [1.54, 1.807) is 30.3 Å². The molecule has 19 heavy (non-hydrogen) atoms. The summed E-state index contributed by atoms with van der Waals surface area (Å²) in [6.07, 6.45) is 0.205. The van der Waals surface area contributed by atoms with Crippen LogP contribution < -0.4 is 0 Å². The van der Waals surface area contributed by atoms with Crippen LogP contribution in [0.15, 0.2) is 48.5 Å². The topological polar surface area (TPSA) is 37.3 Å². The molecule has 0 saturated carbocycles. The lowest BCUT2D eigenvalue weighted by Gasteiger charge is -2.13. The first kappa shape index (κ1) is 13.6. The number of benzene rings is 2. The number of aliphatic carboxylic acids is 1. The van der Waals surface area contributed by atoms with Gasteiger partial charge in [-0.1, -0.05) is 41.9 Å². The second kappa shape index (κ2) is 5.85. The second-order valence-electron chi connectivity index (χ2n) is 4.25. The van der Waals surface area contributed by atoms with Crippen molar-refractivity contribution in [3.05, 3.63) is 70.5 Å². The third kappa shape index (κ3) is 3.32. The molecule has 0 fully saturated rings. The van der Waals surface area contributed by atoms with Gasteiger partial charge < -0.3 is 5.11 Å². The molecular formula is C15H12ClFO2. The number of carboxylic acid groups (broad SMARTS) is 1. The van der Waals surface area contributed by atoms with Crippen molar-refractivity contribution < 1.29 is 14.3 Å². The van der Waals surface area contributed by atoms with E-state index in [2.05, 4.69) is 0 Å². The third-order valence-corrected chi connectivity index (χ3v) is 3.14. The van der Waals surface area contributed by atoms with Crippen LogP contribution in [0.5, 0.6) is 0 Å². The highest BCUT2D eigenvalue weighted by molar-refractivity contribution is 6.30. The van der Waals surface area contributed by atoms with E-state index < -0.39 is 17.7 Å². The molecule has 1 N–H and O–H groups in total. The lowest BCUT2D eigenvalue weighted by molar-refractivity contribution is -0.138. The van der Waals surface area contributed by atoms with Gasteiger partial charge in [-0.05, 0) is 30.2 Å². The Kier molecular flexibility index (Phi) is 4.17. The van der Waals surface area contributed by atoms with Crippen LogP contribution in [0.3, 0.4) is 0 Å². The average Bonchev–Trinajstić information content (AvgIpc) is 2.37. The van der Waals surface area contributed by atoms with Crippen molar-refractivity contribution >= 4 is 17.6 Å². The zero-order valence-electron chi connectivity index (χ0n) is 10.0. The predicted octanol–water partition coefficient (Wildman–Crippen LogP) is 3.89. The van der Waals surface area contributed by atoms with Gasteiger partial charge in [-0.2, -0.15) is 0 Å². The monoisotopic (exact) mass is 278 g/mol.